The van der Waals surface area contributed by atoms with E-state index in [-0.39, 0.29) is 12.0 Å². The van der Waals surface area contributed by atoms with Crippen LogP contribution in [-0.2, 0) is 14.3 Å². The Morgan fingerprint density at radius 2 is 2.00 bits per heavy atom. The first-order chi connectivity index (χ1) is 7.70. The molecule has 0 aliphatic carbocycles. The third kappa shape index (κ3) is 9.93. The van der Waals surface area contributed by atoms with E-state index in [1.807, 2.05) is 6.92 Å². The van der Waals surface area contributed by atoms with Crippen LogP contribution in [0.2, 0.25) is 0 Å². The fourth-order valence-corrected chi connectivity index (χ4v) is 1.28. The highest BCUT2D eigenvalue weighted by Gasteiger charge is 2.07. The van der Waals surface area contributed by atoms with E-state index in [1.54, 1.807) is 0 Å². The summed E-state index contributed by atoms with van der Waals surface area (Å²) in [6.45, 7) is 6.66. The van der Waals surface area contributed by atoms with E-state index >= 15 is 0 Å². The van der Waals surface area contributed by atoms with Crippen molar-refractivity contribution < 1.29 is 14.3 Å². The lowest BCUT2D eigenvalue weighted by atomic mass is 10.2. The minimum absolute atomic E-state index is 0.167. The summed E-state index contributed by atoms with van der Waals surface area (Å²) in [5.74, 6) is -0.167. The first kappa shape index (κ1) is 15.4. The second-order valence-electron chi connectivity index (χ2n) is 3.95. The molecule has 0 aliphatic heterocycles. The molecule has 0 aromatic carbocycles. The minimum atomic E-state index is -0.167. The van der Waals surface area contributed by atoms with Crippen molar-refractivity contribution in [3.05, 3.63) is 0 Å². The fourth-order valence-electron chi connectivity index (χ4n) is 1.28. The van der Waals surface area contributed by atoms with Gasteiger partial charge in [0.1, 0.15) is 0 Å². The standard InChI is InChI=1S/C12H25NO3/c1-4-5-8-16-9-6-7-13-11(2)10-12(14)15-3/h11,13H,4-10H2,1-3H3/t11-/m0/s1. The summed E-state index contributed by atoms with van der Waals surface area (Å²) in [4.78, 5) is 10.9. The van der Waals surface area contributed by atoms with Gasteiger partial charge in [0.15, 0.2) is 0 Å². The van der Waals surface area contributed by atoms with Crippen molar-refractivity contribution in [3.8, 4) is 0 Å². The van der Waals surface area contributed by atoms with Crippen molar-refractivity contribution in [2.75, 3.05) is 26.9 Å². The molecular formula is C12H25NO3. The number of hydrogen-bond donors (Lipinski definition) is 1. The maximum absolute atomic E-state index is 10.9. The monoisotopic (exact) mass is 231 g/mol. The molecule has 0 aromatic rings. The van der Waals surface area contributed by atoms with E-state index < -0.39 is 0 Å². The van der Waals surface area contributed by atoms with Crippen LogP contribution in [0.1, 0.15) is 39.5 Å². The van der Waals surface area contributed by atoms with Gasteiger partial charge in [-0.25, -0.2) is 0 Å². The van der Waals surface area contributed by atoms with Gasteiger partial charge in [0.2, 0.25) is 0 Å². The number of esters is 1. The molecule has 4 nitrogen and oxygen atoms in total. The van der Waals surface area contributed by atoms with Crippen LogP contribution < -0.4 is 5.32 Å². The topological polar surface area (TPSA) is 47.6 Å². The van der Waals surface area contributed by atoms with Gasteiger partial charge < -0.3 is 14.8 Å². The first-order valence-electron chi connectivity index (χ1n) is 6.08. The molecule has 4 heteroatoms. The van der Waals surface area contributed by atoms with Gasteiger partial charge in [-0.05, 0) is 26.3 Å². The zero-order valence-corrected chi connectivity index (χ0v) is 10.8. The van der Waals surface area contributed by atoms with Crippen molar-refractivity contribution in [2.24, 2.45) is 0 Å². The Kier molecular flexibility index (Phi) is 10.5. The highest BCUT2D eigenvalue weighted by Crippen LogP contribution is 1.94. The van der Waals surface area contributed by atoms with Crippen LogP contribution in [-0.4, -0.2) is 38.9 Å². The lowest BCUT2D eigenvalue weighted by Gasteiger charge is -2.12. The molecule has 0 aromatic heterocycles. The van der Waals surface area contributed by atoms with Crippen LogP contribution in [0.15, 0.2) is 0 Å². The van der Waals surface area contributed by atoms with E-state index in [1.165, 1.54) is 13.5 Å². The van der Waals surface area contributed by atoms with Gasteiger partial charge in [0.05, 0.1) is 13.5 Å². The maximum Gasteiger partial charge on any atom is 0.307 e. The highest BCUT2D eigenvalue weighted by atomic mass is 16.5. The second-order valence-corrected chi connectivity index (χ2v) is 3.95. The van der Waals surface area contributed by atoms with Crippen molar-refractivity contribution in [3.63, 3.8) is 0 Å². The molecule has 0 fully saturated rings. The zero-order valence-electron chi connectivity index (χ0n) is 10.8. The summed E-state index contributed by atoms with van der Waals surface area (Å²) in [6.07, 6.45) is 3.71. The van der Waals surface area contributed by atoms with Gasteiger partial charge in [0.25, 0.3) is 0 Å². The molecule has 0 unspecified atom stereocenters. The SMILES string of the molecule is CCCCOCCCN[C@@H](C)CC(=O)OC. The molecule has 0 amide bonds. The molecule has 0 saturated carbocycles. The first-order valence-corrected chi connectivity index (χ1v) is 6.08. The molecular weight excluding hydrogens is 206 g/mol. The van der Waals surface area contributed by atoms with E-state index in [4.69, 9.17) is 4.74 Å². The quantitative estimate of drug-likeness (QED) is 0.459. The van der Waals surface area contributed by atoms with Crippen molar-refractivity contribution in [1.29, 1.82) is 0 Å². The van der Waals surface area contributed by atoms with Crippen LogP contribution >= 0.6 is 0 Å². The van der Waals surface area contributed by atoms with E-state index in [0.29, 0.717) is 6.42 Å². The largest absolute Gasteiger partial charge is 0.469 e. The number of hydrogen-bond acceptors (Lipinski definition) is 4. The maximum atomic E-state index is 10.9. The van der Waals surface area contributed by atoms with Crippen LogP contribution in [0.4, 0.5) is 0 Å². The molecule has 0 heterocycles. The third-order valence-electron chi connectivity index (χ3n) is 2.30. The molecule has 0 saturated heterocycles. The van der Waals surface area contributed by atoms with Crippen LogP contribution in [0, 0.1) is 0 Å². The lowest BCUT2D eigenvalue weighted by Crippen LogP contribution is -2.30. The number of carbonyl (C=O) groups is 1. The Labute approximate surface area is 98.7 Å². The Hall–Kier alpha value is -0.610. The molecule has 0 rings (SSSR count). The van der Waals surface area contributed by atoms with Gasteiger partial charge in [-0.15, -0.1) is 0 Å². The summed E-state index contributed by atoms with van der Waals surface area (Å²) in [5, 5.41) is 3.26. The molecule has 16 heavy (non-hydrogen) atoms. The average Bonchev–Trinajstić information content (AvgIpc) is 2.27. The van der Waals surface area contributed by atoms with Crippen molar-refractivity contribution >= 4 is 5.97 Å². The lowest BCUT2D eigenvalue weighted by molar-refractivity contribution is -0.141. The predicted octanol–water partition coefficient (Wildman–Crippen LogP) is 1.73. The van der Waals surface area contributed by atoms with Crippen molar-refractivity contribution in [2.45, 2.75) is 45.6 Å². The number of methoxy groups -OCH3 is 1. The number of nitrogens with one attached hydrogen (secondary N) is 1. The summed E-state index contributed by atoms with van der Waals surface area (Å²) >= 11 is 0. The third-order valence-corrected chi connectivity index (χ3v) is 2.30. The summed E-state index contributed by atoms with van der Waals surface area (Å²) in [7, 11) is 1.41. The predicted molar refractivity (Wildman–Crippen MR) is 64.4 cm³/mol. The Morgan fingerprint density at radius 1 is 1.31 bits per heavy atom. The van der Waals surface area contributed by atoms with Gasteiger partial charge in [-0.1, -0.05) is 13.3 Å². The van der Waals surface area contributed by atoms with E-state index in [9.17, 15) is 4.79 Å². The van der Waals surface area contributed by atoms with Crippen LogP contribution in [0.5, 0.6) is 0 Å². The molecule has 96 valence electrons. The Bertz CT molecular complexity index is 174. The van der Waals surface area contributed by atoms with Gasteiger partial charge in [-0.3, -0.25) is 4.79 Å². The molecule has 0 bridgehead atoms. The van der Waals surface area contributed by atoms with Crippen molar-refractivity contribution in [1.82, 2.24) is 5.32 Å². The van der Waals surface area contributed by atoms with Gasteiger partial charge in [-0.2, -0.15) is 0 Å². The molecule has 1 atom stereocenters. The number of carbonyl (C=O) groups excluding carboxylic acids is 1. The zero-order chi connectivity index (χ0) is 12.2. The van der Waals surface area contributed by atoms with Crippen LogP contribution in [0.3, 0.4) is 0 Å². The smallest absolute Gasteiger partial charge is 0.307 e. The Balaban J connectivity index is 3.21. The minimum Gasteiger partial charge on any atom is -0.469 e. The molecule has 0 spiro atoms. The van der Waals surface area contributed by atoms with Gasteiger partial charge >= 0.3 is 5.97 Å². The molecule has 0 radical (unpaired) electrons. The highest BCUT2D eigenvalue weighted by molar-refractivity contribution is 5.69. The normalized spacial score (nSPS) is 12.4. The van der Waals surface area contributed by atoms with Gasteiger partial charge in [0, 0.05) is 19.3 Å². The molecule has 1 N–H and O–H groups in total. The number of rotatable bonds is 10. The number of ether oxygens (including phenoxy) is 2. The summed E-state index contributed by atoms with van der Waals surface area (Å²) < 4.78 is 10.0. The summed E-state index contributed by atoms with van der Waals surface area (Å²) in [6, 6.07) is 0.170. The van der Waals surface area contributed by atoms with Crippen LogP contribution in [0.25, 0.3) is 0 Å². The average molecular weight is 231 g/mol. The molecule has 0 aliphatic rings. The van der Waals surface area contributed by atoms with E-state index in [2.05, 4.69) is 17.0 Å². The summed E-state index contributed by atoms with van der Waals surface area (Å²) in [5.41, 5.74) is 0. The van der Waals surface area contributed by atoms with E-state index in [0.717, 1.165) is 32.6 Å². The number of unbranched alkanes of at least 4 members (excludes halogenated alkanes) is 1. The fraction of sp³-hybridized carbons (Fsp3) is 0.917. The Morgan fingerprint density at radius 3 is 2.62 bits per heavy atom. The second kappa shape index (κ2) is 10.9.